The molecule has 0 unspecified atom stereocenters. The average Bonchev–Trinajstić information content (AvgIpc) is 2.90. The molecule has 1 amide bonds. The van der Waals surface area contributed by atoms with Gasteiger partial charge in [-0.25, -0.2) is 9.37 Å². The zero-order chi connectivity index (χ0) is 13.8. The first kappa shape index (κ1) is 13.1. The summed E-state index contributed by atoms with van der Waals surface area (Å²) in [6.45, 7) is 0.271. The number of aromatic nitrogens is 1. The van der Waals surface area contributed by atoms with Gasteiger partial charge in [-0.05, 0) is 18.2 Å². The smallest absolute Gasteiger partial charge is 0.275 e. The van der Waals surface area contributed by atoms with Crippen LogP contribution in [0.4, 0.5) is 10.1 Å². The lowest BCUT2D eigenvalue weighted by molar-refractivity contribution is 0.102. The minimum Gasteiger partial charge on any atom is -0.325 e. The van der Waals surface area contributed by atoms with Crippen molar-refractivity contribution in [3.05, 3.63) is 45.7 Å². The Bertz CT molecular complexity index is 662. The standard InChI is InChI=1S/C12H9FN4OS/c13-9-2-1-8(3-7(9)4-14)16-12(18)10-6-19-11(5-15)17-10/h1-3,6H,5,15H2,(H,16,18). The molecule has 1 heterocycles. The Hall–Kier alpha value is -2.30. The Kier molecular flexibility index (Phi) is 3.85. The van der Waals surface area contributed by atoms with Crippen LogP contribution in [0.2, 0.25) is 0 Å². The van der Waals surface area contributed by atoms with Crippen molar-refractivity contribution in [3.8, 4) is 6.07 Å². The van der Waals surface area contributed by atoms with Crippen LogP contribution in [0.5, 0.6) is 0 Å². The number of nitrogens with zero attached hydrogens (tertiary/aromatic N) is 2. The number of nitrogens with two attached hydrogens (primary N) is 1. The summed E-state index contributed by atoms with van der Waals surface area (Å²) in [5, 5.41) is 13.5. The van der Waals surface area contributed by atoms with Gasteiger partial charge in [-0.1, -0.05) is 0 Å². The molecule has 0 aliphatic heterocycles. The number of carbonyl (C=O) groups is 1. The van der Waals surface area contributed by atoms with Gasteiger partial charge in [-0.15, -0.1) is 11.3 Å². The number of hydrogen-bond donors (Lipinski definition) is 2. The van der Waals surface area contributed by atoms with Crippen molar-refractivity contribution in [2.75, 3.05) is 5.32 Å². The zero-order valence-electron chi connectivity index (χ0n) is 9.68. The summed E-state index contributed by atoms with van der Waals surface area (Å²) in [5.74, 6) is -1.05. The van der Waals surface area contributed by atoms with Crippen LogP contribution < -0.4 is 11.1 Å². The van der Waals surface area contributed by atoms with E-state index < -0.39 is 11.7 Å². The maximum atomic E-state index is 13.1. The summed E-state index contributed by atoms with van der Waals surface area (Å²) < 4.78 is 13.1. The third kappa shape index (κ3) is 2.93. The van der Waals surface area contributed by atoms with Gasteiger partial charge in [0.2, 0.25) is 0 Å². The van der Waals surface area contributed by atoms with E-state index in [1.807, 2.05) is 0 Å². The molecular weight excluding hydrogens is 267 g/mol. The molecule has 96 valence electrons. The Morgan fingerprint density at radius 2 is 2.37 bits per heavy atom. The zero-order valence-corrected chi connectivity index (χ0v) is 10.5. The van der Waals surface area contributed by atoms with Crippen LogP contribution in [0.15, 0.2) is 23.6 Å². The van der Waals surface area contributed by atoms with E-state index in [4.69, 9.17) is 11.0 Å². The number of carbonyl (C=O) groups excluding carboxylic acids is 1. The van der Waals surface area contributed by atoms with Crippen molar-refractivity contribution in [1.82, 2.24) is 4.98 Å². The number of nitriles is 1. The molecule has 0 atom stereocenters. The first-order valence-electron chi connectivity index (χ1n) is 5.29. The summed E-state index contributed by atoms with van der Waals surface area (Å²) in [6.07, 6.45) is 0. The van der Waals surface area contributed by atoms with E-state index in [1.165, 1.54) is 23.5 Å². The molecule has 0 fully saturated rings. The molecule has 1 aromatic heterocycles. The second kappa shape index (κ2) is 5.56. The Morgan fingerprint density at radius 3 is 3.00 bits per heavy atom. The maximum Gasteiger partial charge on any atom is 0.275 e. The molecule has 19 heavy (non-hydrogen) atoms. The van der Waals surface area contributed by atoms with Gasteiger partial charge in [-0.2, -0.15) is 5.26 Å². The van der Waals surface area contributed by atoms with Crippen LogP contribution >= 0.6 is 11.3 Å². The van der Waals surface area contributed by atoms with E-state index in [-0.39, 0.29) is 17.8 Å². The minimum atomic E-state index is -0.625. The molecule has 0 radical (unpaired) electrons. The molecule has 0 aliphatic rings. The van der Waals surface area contributed by atoms with Gasteiger partial charge in [0.05, 0.1) is 5.56 Å². The van der Waals surface area contributed by atoms with Gasteiger partial charge >= 0.3 is 0 Å². The lowest BCUT2D eigenvalue weighted by atomic mass is 10.2. The van der Waals surface area contributed by atoms with E-state index in [2.05, 4.69) is 10.3 Å². The molecule has 0 bridgehead atoms. The largest absolute Gasteiger partial charge is 0.325 e. The monoisotopic (exact) mass is 276 g/mol. The minimum absolute atomic E-state index is 0.126. The second-order valence-electron chi connectivity index (χ2n) is 3.59. The summed E-state index contributed by atoms with van der Waals surface area (Å²) in [5.41, 5.74) is 5.86. The number of nitrogens with one attached hydrogen (secondary N) is 1. The summed E-state index contributed by atoms with van der Waals surface area (Å²) in [6, 6.07) is 5.48. The summed E-state index contributed by atoms with van der Waals surface area (Å²) in [4.78, 5) is 15.9. The lowest BCUT2D eigenvalue weighted by Gasteiger charge is -2.03. The van der Waals surface area contributed by atoms with Crippen molar-refractivity contribution < 1.29 is 9.18 Å². The molecule has 2 rings (SSSR count). The van der Waals surface area contributed by atoms with Crippen LogP contribution in [-0.4, -0.2) is 10.9 Å². The highest BCUT2D eigenvalue weighted by molar-refractivity contribution is 7.09. The van der Waals surface area contributed by atoms with Gasteiger partial charge in [0.1, 0.15) is 22.6 Å². The van der Waals surface area contributed by atoms with E-state index in [1.54, 1.807) is 11.4 Å². The normalized spacial score (nSPS) is 9.95. The van der Waals surface area contributed by atoms with Gasteiger partial charge in [-0.3, -0.25) is 4.79 Å². The Balaban J connectivity index is 2.17. The Morgan fingerprint density at radius 1 is 1.58 bits per heavy atom. The highest BCUT2D eigenvalue weighted by Gasteiger charge is 2.11. The Labute approximate surface area is 112 Å². The fourth-order valence-corrected chi connectivity index (χ4v) is 2.05. The van der Waals surface area contributed by atoms with Crippen LogP contribution in [-0.2, 0) is 6.54 Å². The predicted molar refractivity (Wildman–Crippen MR) is 69.1 cm³/mol. The van der Waals surface area contributed by atoms with Gasteiger partial charge < -0.3 is 11.1 Å². The van der Waals surface area contributed by atoms with E-state index in [0.717, 1.165) is 6.07 Å². The van der Waals surface area contributed by atoms with Crippen molar-refractivity contribution in [1.29, 1.82) is 5.26 Å². The van der Waals surface area contributed by atoms with Crippen molar-refractivity contribution in [2.45, 2.75) is 6.54 Å². The highest BCUT2D eigenvalue weighted by Crippen LogP contribution is 2.16. The number of hydrogen-bond acceptors (Lipinski definition) is 5. The molecule has 1 aromatic carbocycles. The fraction of sp³-hybridized carbons (Fsp3) is 0.0833. The molecule has 0 spiro atoms. The van der Waals surface area contributed by atoms with Gasteiger partial charge in [0, 0.05) is 17.6 Å². The SMILES string of the molecule is N#Cc1cc(NC(=O)c2csc(CN)n2)ccc1F. The van der Waals surface area contributed by atoms with E-state index >= 15 is 0 Å². The van der Waals surface area contributed by atoms with E-state index in [0.29, 0.717) is 10.7 Å². The lowest BCUT2D eigenvalue weighted by Crippen LogP contribution is -2.13. The average molecular weight is 276 g/mol. The number of rotatable bonds is 3. The number of amides is 1. The predicted octanol–water partition coefficient (Wildman–Crippen LogP) is 1.86. The topological polar surface area (TPSA) is 91.8 Å². The number of benzene rings is 1. The van der Waals surface area contributed by atoms with Crippen LogP contribution in [0.3, 0.4) is 0 Å². The molecule has 2 aromatic rings. The van der Waals surface area contributed by atoms with Crippen LogP contribution in [0.1, 0.15) is 21.1 Å². The fourth-order valence-electron chi connectivity index (χ4n) is 1.39. The molecule has 3 N–H and O–H groups in total. The summed E-state index contributed by atoms with van der Waals surface area (Å²) in [7, 11) is 0. The van der Waals surface area contributed by atoms with Gasteiger partial charge in [0.25, 0.3) is 5.91 Å². The molecule has 0 aliphatic carbocycles. The highest BCUT2D eigenvalue weighted by atomic mass is 32.1. The van der Waals surface area contributed by atoms with Crippen molar-refractivity contribution in [3.63, 3.8) is 0 Å². The number of anilines is 1. The molecule has 5 nitrogen and oxygen atoms in total. The number of thiazole rings is 1. The quantitative estimate of drug-likeness (QED) is 0.895. The van der Waals surface area contributed by atoms with Crippen molar-refractivity contribution in [2.24, 2.45) is 5.73 Å². The third-order valence-electron chi connectivity index (χ3n) is 2.30. The van der Waals surface area contributed by atoms with Crippen molar-refractivity contribution >= 4 is 22.9 Å². The first-order chi connectivity index (χ1) is 9.13. The molecular formula is C12H9FN4OS. The number of halogens is 1. The molecule has 7 heteroatoms. The first-order valence-corrected chi connectivity index (χ1v) is 6.17. The van der Waals surface area contributed by atoms with E-state index in [9.17, 15) is 9.18 Å². The summed E-state index contributed by atoms with van der Waals surface area (Å²) >= 11 is 1.29. The third-order valence-corrected chi connectivity index (χ3v) is 3.17. The van der Waals surface area contributed by atoms with Crippen LogP contribution in [0.25, 0.3) is 0 Å². The second-order valence-corrected chi connectivity index (χ2v) is 4.53. The van der Waals surface area contributed by atoms with Crippen LogP contribution in [0, 0.1) is 17.1 Å². The molecule has 0 saturated carbocycles. The maximum absolute atomic E-state index is 13.1. The molecule has 0 saturated heterocycles. The van der Waals surface area contributed by atoms with Gasteiger partial charge in [0.15, 0.2) is 0 Å².